The summed E-state index contributed by atoms with van der Waals surface area (Å²) in [6.45, 7) is 2.31. The first-order chi connectivity index (χ1) is 17.4. The number of carbonyl (C=O) groups excluding carboxylic acids is 6. The number of methoxy groups -OCH3 is 1. The van der Waals surface area contributed by atoms with Crippen LogP contribution in [-0.2, 0) is 39.0 Å². The van der Waals surface area contributed by atoms with Gasteiger partial charge >= 0.3 is 34.1 Å². The van der Waals surface area contributed by atoms with Crippen molar-refractivity contribution < 1.29 is 46.5 Å². The van der Waals surface area contributed by atoms with Crippen LogP contribution in [0.1, 0.15) is 30.7 Å². The molecule has 6 amide bonds. The van der Waals surface area contributed by atoms with Gasteiger partial charge in [0.05, 0.1) is 7.11 Å². The fourth-order valence-electron chi connectivity index (χ4n) is 3.80. The van der Waals surface area contributed by atoms with Crippen molar-refractivity contribution in [1.29, 1.82) is 0 Å². The van der Waals surface area contributed by atoms with Gasteiger partial charge in [-0.1, -0.05) is 19.4 Å². The molecule has 0 saturated carbocycles. The van der Waals surface area contributed by atoms with Crippen molar-refractivity contribution in [2.45, 2.75) is 37.9 Å². The number of thiophene rings is 1. The number of imide groups is 1. The van der Waals surface area contributed by atoms with E-state index in [1.807, 2.05) is 6.92 Å². The van der Waals surface area contributed by atoms with Gasteiger partial charge in [-0.25, -0.2) is 9.59 Å². The number of nitrogens with zero attached hydrogens (tertiary/aromatic N) is 3. The fraction of sp³-hybridized carbons (Fsp3) is 0.500. The molecule has 0 radical (unpaired) electrons. The molecule has 1 unspecified atom stereocenters. The molecule has 3 heterocycles. The average Bonchev–Trinajstić information content (AvgIpc) is 3.38. The summed E-state index contributed by atoms with van der Waals surface area (Å²) in [5.41, 5.74) is 0. The number of piperazine rings is 1. The summed E-state index contributed by atoms with van der Waals surface area (Å²) < 4.78 is 36.5. The Morgan fingerprint density at radius 2 is 1.92 bits per heavy atom. The van der Waals surface area contributed by atoms with Crippen LogP contribution in [0, 0.1) is 0 Å². The molecule has 2 fully saturated rings. The summed E-state index contributed by atoms with van der Waals surface area (Å²) >= 11 is 1.05. The highest BCUT2D eigenvalue weighted by Gasteiger charge is 2.58. The maximum Gasteiger partial charge on any atom is 0.363 e. The van der Waals surface area contributed by atoms with Gasteiger partial charge in [0.2, 0.25) is 5.91 Å². The van der Waals surface area contributed by atoms with E-state index in [-0.39, 0.29) is 22.3 Å². The first kappa shape index (κ1) is 28.0. The molecule has 3 atom stereocenters. The van der Waals surface area contributed by atoms with Gasteiger partial charge < -0.3 is 20.3 Å². The van der Waals surface area contributed by atoms with E-state index >= 15 is 0 Å². The van der Waals surface area contributed by atoms with Crippen LogP contribution >= 0.6 is 11.3 Å². The second-order valence-electron chi connectivity index (χ2n) is 8.07. The first-order valence-corrected chi connectivity index (χ1v) is 13.3. The van der Waals surface area contributed by atoms with Gasteiger partial charge in [-0.3, -0.25) is 28.6 Å². The molecule has 3 rings (SSSR count). The number of rotatable bonds is 9. The van der Waals surface area contributed by atoms with Gasteiger partial charge in [0.15, 0.2) is 6.04 Å². The Bertz CT molecular complexity index is 1200. The highest BCUT2D eigenvalue weighted by Crippen LogP contribution is 2.27. The predicted octanol–water partition coefficient (Wildman–Crippen LogP) is -1.36. The van der Waals surface area contributed by atoms with Crippen LogP contribution in [0.25, 0.3) is 0 Å². The second-order valence-corrected chi connectivity index (χ2v) is 10.3. The molecule has 1 aromatic rings. The van der Waals surface area contributed by atoms with Gasteiger partial charge in [-0.15, -0.1) is 11.3 Å². The summed E-state index contributed by atoms with van der Waals surface area (Å²) in [5.74, 6) is -5.44. The first-order valence-electron chi connectivity index (χ1n) is 11.1. The van der Waals surface area contributed by atoms with Gasteiger partial charge in [0.1, 0.15) is 12.1 Å². The number of amides is 6. The van der Waals surface area contributed by atoms with E-state index in [9.17, 15) is 41.7 Å². The summed E-state index contributed by atoms with van der Waals surface area (Å²) in [4.78, 5) is 77.6. The Morgan fingerprint density at radius 1 is 1.22 bits per heavy atom. The van der Waals surface area contributed by atoms with E-state index in [1.54, 1.807) is 11.4 Å². The quantitative estimate of drug-likeness (QED) is 0.140. The smallest absolute Gasteiger partial charge is 0.363 e. The minimum absolute atomic E-state index is 0.103. The standard InChI is InChI=1S/C20H25N5O10S2/c1-3-4-7-23-8-9-24(18(29)17(23)28)20(31)22-12(11-6-5-10-36-11)15(26)21-13-14(19(30)35-2)25(16(13)27)37(32,33)34/h5-6,10,12-14H,3-4,7-9H2,1-2H3,(H,21,26)(H,22,31)(H,32,33,34)/t12?,13-,14-/m1/s1. The summed E-state index contributed by atoms with van der Waals surface area (Å²) in [6.07, 6.45) is 1.50. The van der Waals surface area contributed by atoms with Gasteiger partial charge in [-0.2, -0.15) is 12.7 Å². The van der Waals surface area contributed by atoms with Crippen LogP contribution < -0.4 is 10.6 Å². The number of hydrogen-bond acceptors (Lipinski definition) is 10. The van der Waals surface area contributed by atoms with Gasteiger partial charge in [0.25, 0.3) is 5.91 Å². The molecule has 2 saturated heterocycles. The van der Waals surface area contributed by atoms with Crippen LogP contribution in [0.5, 0.6) is 0 Å². The van der Waals surface area contributed by atoms with Crippen molar-refractivity contribution in [2.24, 2.45) is 0 Å². The number of unbranched alkanes of at least 4 members (excludes halogenated alkanes) is 1. The Hall–Kier alpha value is -3.57. The van der Waals surface area contributed by atoms with Crippen LogP contribution in [0.15, 0.2) is 17.5 Å². The number of β-lactam (4-membered cyclic amide) rings is 1. The molecule has 1 aromatic heterocycles. The highest BCUT2D eigenvalue weighted by molar-refractivity contribution is 7.84. The Balaban J connectivity index is 1.76. The topological polar surface area (TPSA) is 200 Å². The zero-order valence-corrected chi connectivity index (χ0v) is 21.4. The minimum atomic E-state index is -5.12. The molecular formula is C20H25N5O10S2. The van der Waals surface area contributed by atoms with Crippen molar-refractivity contribution in [1.82, 2.24) is 24.7 Å². The summed E-state index contributed by atoms with van der Waals surface area (Å²) in [5, 5.41) is 6.13. The number of carbonyl (C=O) groups is 6. The van der Waals surface area contributed by atoms with Crippen molar-refractivity contribution in [3.8, 4) is 0 Å². The highest BCUT2D eigenvalue weighted by atomic mass is 32.2. The normalized spacial score (nSPS) is 20.8. The number of nitrogens with one attached hydrogen (secondary N) is 2. The van der Waals surface area contributed by atoms with Crippen LogP contribution in [-0.4, -0.2) is 102 Å². The predicted molar refractivity (Wildman–Crippen MR) is 125 cm³/mol. The van der Waals surface area contributed by atoms with Crippen molar-refractivity contribution >= 4 is 57.3 Å². The Morgan fingerprint density at radius 3 is 2.49 bits per heavy atom. The zero-order valence-electron chi connectivity index (χ0n) is 19.8. The molecule has 2 aliphatic heterocycles. The molecule has 0 bridgehead atoms. The molecule has 0 aliphatic carbocycles. The van der Waals surface area contributed by atoms with Crippen LogP contribution in [0.4, 0.5) is 4.79 Å². The summed E-state index contributed by atoms with van der Waals surface area (Å²) in [6, 6.07) is -3.04. The molecular weight excluding hydrogens is 534 g/mol. The molecule has 0 spiro atoms. The number of hydrogen-bond donors (Lipinski definition) is 3. The Kier molecular flexibility index (Phi) is 8.49. The molecule has 3 N–H and O–H groups in total. The third-order valence-corrected chi connectivity index (χ3v) is 7.58. The fourth-order valence-corrected chi connectivity index (χ4v) is 5.41. The van der Waals surface area contributed by atoms with Crippen molar-refractivity contribution in [2.75, 3.05) is 26.7 Å². The maximum atomic E-state index is 13.1. The monoisotopic (exact) mass is 559 g/mol. The van der Waals surface area contributed by atoms with Crippen LogP contribution in [0.3, 0.4) is 0 Å². The van der Waals surface area contributed by atoms with E-state index < -0.39 is 64.1 Å². The van der Waals surface area contributed by atoms with Crippen molar-refractivity contribution in [3.63, 3.8) is 0 Å². The largest absolute Gasteiger partial charge is 0.467 e. The number of ether oxygens (including phenoxy) is 1. The van der Waals surface area contributed by atoms with Gasteiger partial charge in [0, 0.05) is 24.5 Å². The lowest BCUT2D eigenvalue weighted by Crippen LogP contribution is -2.75. The second kappa shape index (κ2) is 11.2. The zero-order chi connectivity index (χ0) is 27.5. The molecule has 17 heteroatoms. The lowest BCUT2D eigenvalue weighted by Gasteiger charge is -2.42. The number of urea groups is 1. The molecule has 37 heavy (non-hydrogen) atoms. The lowest BCUT2D eigenvalue weighted by molar-refractivity contribution is -0.162. The van der Waals surface area contributed by atoms with Crippen molar-refractivity contribution in [3.05, 3.63) is 22.4 Å². The molecule has 15 nitrogen and oxygen atoms in total. The van der Waals surface area contributed by atoms with E-state index in [1.165, 1.54) is 11.0 Å². The third-order valence-electron chi connectivity index (χ3n) is 5.73. The number of esters is 1. The van der Waals surface area contributed by atoms with Crippen LogP contribution in [0.2, 0.25) is 0 Å². The van der Waals surface area contributed by atoms with E-state index in [0.29, 0.717) is 17.9 Å². The Labute approximate surface area is 215 Å². The third kappa shape index (κ3) is 5.72. The molecule has 202 valence electrons. The minimum Gasteiger partial charge on any atom is -0.467 e. The van der Waals surface area contributed by atoms with Gasteiger partial charge in [-0.05, 0) is 17.9 Å². The van der Waals surface area contributed by atoms with E-state index in [2.05, 4.69) is 15.4 Å². The average molecular weight is 560 g/mol. The molecule has 0 aromatic carbocycles. The SMILES string of the molecule is CCCCN1CCN(C(=O)NC(C(=O)N[C@H]2C(=O)N(S(=O)(=O)O)[C@H]2C(=O)OC)c2cccs2)C(=O)C1=O. The maximum absolute atomic E-state index is 13.1. The lowest BCUT2D eigenvalue weighted by atomic mass is 9.98. The van der Waals surface area contributed by atoms with E-state index in [0.717, 1.165) is 24.9 Å². The van der Waals surface area contributed by atoms with E-state index in [4.69, 9.17) is 0 Å². The molecule has 2 aliphatic rings. The summed E-state index contributed by atoms with van der Waals surface area (Å²) in [7, 11) is -4.21.